The molecule has 0 spiro atoms. The zero-order chi connectivity index (χ0) is 9.97. The summed E-state index contributed by atoms with van der Waals surface area (Å²) >= 11 is 1.68. The second-order valence-electron chi connectivity index (χ2n) is 2.83. The number of aromatic nitrogens is 1. The second-order valence-corrected chi connectivity index (χ2v) is 4.06. The highest BCUT2D eigenvalue weighted by atomic mass is 32.1. The first-order valence-corrected chi connectivity index (χ1v) is 5.03. The van der Waals surface area contributed by atoms with Gasteiger partial charge in [0, 0.05) is 0 Å². The number of rotatable bonds is 2. The molecule has 0 atom stereocenters. The third kappa shape index (κ3) is 1.72. The number of anilines is 1. The van der Waals surface area contributed by atoms with E-state index in [9.17, 15) is 0 Å². The molecule has 4 nitrogen and oxygen atoms in total. The minimum Gasteiger partial charge on any atom is -0.260 e. The average molecular weight is 206 g/mol. The van der Waals surface area contributed by atoms with Gasteiger partial charge < -0.3 is 0 Å². The second kappa shape index (κ2) is 3.71. The molecule has 0 unspecified atom stereocenters. The summed E-state index contributed by atoms with van der Waals surface area (Å²) < 4.78 is 1.17. The minimum absolute atomic E-state index is 0.937. The maximum atomic E-state index is 4.37. The first-order valence-electron chi connectivity index (χ1n) is 4.21. The molecule has 1 heterocycles. The largest absolute Gasteiger partial charge is 0.260 e. The van der Waals surface area contributed by atoms with Gasteiger partial charge >= 0.3 is 0 Å². The fourth-order valence-electron chi connectivity index (χ4n) is 1.22. The van der Waals surface area contributed by atoms with Crippen LogP contribution < -0.4 is 5.43 Å². The highest BCUT2D eigenvalue weighted by molar-refractivity contribution is 7.18. The van der Waals surface area contributed by atoms with Gasteiger partial charge in [-0.2, -0.15) is 5.11 Å². The molecule has 1 N–H and O–H groups in total. The Morgan fingerprint density at radius 2 is 2.29 bits per heavy atom. The van der Waals surface area contributed by atoms with E-state index in [0.29, 0.717) is 0 Å². The number of nitrogens with zero attached hydrogens (tertiary/aromatic N) is 3. The number of fused-ring (bicyclic) bond motifs is 1. The molecule has 0 aliphatic rings. The lowest BCUT2D eigenvalue weighted by Gasteiger charge is -1.96. The highest BCUT2D eigenvalue weighted by Gasteiger charge is 2.00. The first kappa shape index (κ1) is 9.08. The fourth-order valence-corrected chi connectivity index (χ4v) is 2.08. The standard InChI is InChI=1S/C9H10N4S/c1-6-11-8-4-3-7(12-13-10-2)5-9(8)14-6/h3-5H,1-2H3,(H,10,12). The third-order valence-corrected chi connectivity index (χ3v) is 2.71. The fraction of sp³-hybridized carbons (Fsp3) is 0.222. The molecule has 5 heteroatoms. The predicted molar refractivity (Wildman–Crippen MR) is 58.8 cm³/mol. The van der Waals surface area contributed by atoms with Crippen LogP contribution >= 0.6 is 11.3 Å². The zero-order valence-corrected chi connectivity index (χ0v) is 8.80. The summed E-state index contributed by atoms with van der Waals surface area (Å²) in [6, 6.07) is 5.94. The average Bonchev–Trinajstić information content (AvgIpc) is 2.54. The van der Waals surface area contributed by atoms with Gasteiger partial charge in [-0.1, -0.05) is 5.22 Å². The van der Waals surface area contributed by atoms with E-state index < -0.39 is 0 Å². The summed E-state index contributed by atoms with van der Waals surface area (Å²) in [4.78, 5) is 4.37. The van der Waals surface area contributed by atoms with Gasteiger partial charge in [-0.15, -0.1) is 11.3 Å². The Bertz CT molecular complexity index is 475. The van der Waals surface area contributed by atoms with Crippen molar-refractivity contribution < 1.29 is 0 Å². The lowest BCUT2D eigenvalue weighted by atomic mass is 10.3. The Labute approximate surface area is 85.7 Å². The number of hydrogen-bond acceptors (Lipinski definition) is 4. The van der Waals surface area contributed by atoms with Crippen molar-refractivity contribution in [2.24, 2.45) is 10.3 Å². The number of thiazole rings is 1. The van der Waals surface area contributed by atoms with Crippen molar-refractivity contribution in [3.63, 3.8) is 0 Å². The van der Waals surface area contributed by atoms with E-state index in [1.807, 2.05) is 25.1 Å². The summed E-state index contributed by atoms with van der Waals surface area (Å²) in [5.41, 5.74) is 4.80. The van der Waals surface area contributed by atoms with E-state index in [-0.39, 0.29) is 0 Å². The van der Waals surface area contributed by atoms with Gasteiger partial charge in [0.15, 0.2) is 0 Å². The summed E-state index contributed by atoms with van der Waals surface area (Å²) in [6.07, 6.45) is 0. The minimum atomic E-state index is 0.937. The summed E-state index contributed by atoms with van der Waals surface area (Å²) in [5, 5.41) is 8.41. The zero-order valence-electron chi connectivity index (χ0n) is 7.98. The quantitative estimate of drug-likeness (QED) is 0.606. The smallest absolute Gasteiger partial charge is 0.0907 e. The van der Waals surface area contributed by atoms with Crippen molar-refractivity contribution >= 4 is 27.2 Å². The monoisotopic (exact) mass is 206 g/mol. The first-order chi connectivity index (χ1) is 6.79. The van der Waals surface area contributed by atoms with Gasteiger partial charge in [0.05, 0.1) is 28.0 Å². The van der Waals surface area contributed by atoms with Crippen LogP contribution in [0.3, 0.4) is 0 Å². The maximum Gasteiger partial charge on any atom is 0.0907 e. The number of benzene rings is 1. The van der Waals surface area contributed by atoms with Crippen LogP contribution in [0.2, 0.25) is 0 Å². The van der Waals surface area contributed by atoms with Crippen LogP contribution in [0.4, 0.5) is 5.69 Å². The molecule has 0 aliphatic carbocycles. The summed E-state index contributed by atoms with van der Waals surface area (Å²) in [7, 11) is 1.63. The van der Waals surface area contributed by atoms with Crippen molar-refractivity contribution in [3.8, 4) is 0 Å². The summed E-state index contributed by atoms with van der Waals surface area (Å²) in [5.74, 6) is 0. The molecule has 0 aliphatic heterocycles. The van der Waals surface area contributed by atoms with Crippen molar-refractivity contribution in [1.29, 1.82) is 0 Å². The van der Waals surface area contributed by atoms with Gasteiger partial charge in [0.2, 0.25) is 0 Å². The van der Waals surface area contributed by atoms with Crippen molar-refractivity contribution in [1.82, 2.24) is 4.98 Å². The molecule has 0 fully saturated rings. The van der Waals surface area contributed by atoms with Gasteiger partial charge in [0.25, 0.3) is 0 Å². The van der Waals surface area contributed by atoms with E-state index in [0.717, 1.165) is 16.2 Å². The van der Waals surface area contributed by atoms with E-state index in [1.54, 1.807) is 18.4 Å². The molecule has 72 valence electrons. The van der Waals surface area contributed by atoms with Crippen LogP contribution in [0.5, 0.6) is 0 Å². The Balaban J connectivity index is 2.40. The third-order valence-electron chi connectivity index (χ3n) is 1.77. The Kier molecular flexibility index (Phi) is 2.41. The van der Waals surface area contributed by atoms with E-state index >= 15 is 0 Å². The Morgan fingerprint density at radius 3 is 3.07 bits per heavy atom. The normalized spacial score (nSPS) is 11.3. The lowest BCUT2D eigenvalue weighted by Crippen LogP contribution is -1.85. The van der Waals surface area contributed by atoms with Crippen LogP contribution in [0.25, 0.3) is 10.2 Å². The predicted octanol–water partition coefficient (Wildman–Crippen LogP) is 3.01. The molecule has 1 aromatic heterocycles. The molecule has 0 amide bonds. The van der Waals surface area contributed by atoms with Crippen LogP contribution in [-0.2, 0) is 0 Å². The molecule has 0 radical (unpaired) electrons. The molecule has 0 saturated carbocycles. The molecular formula is C9H10N4S. The van der Waals surface area contributed by atoms with Crippen LogP contribution in [-0.4, -0.2) is 12.0 Å². The van der Waals surface area contributed by atoms with E-state index in [4.69, 9.17) is 0 Å². The molecule has 0 saturated heterocycles. The lowest BCUT2D eigenvalue weighted by molar-refractivity contribution is 1.08. The van der Waals surface area contributed by atoms with Gasteiger partial charge in [-0.05, 0) is 25.1 Å². The number of hydrogen-bond donors (Lipinski definition) is 1. The Morgan fingerprint density at radius 1 is 1.43 bits per heavy atom. The maximum absolute atomic E-state index is 4.37. The number of nitrogens with one attached hydrogen (secondary N) is 1. The van der Waals surface area contributed by atoms with E-state index in [2.05, 4.69) is 20.7 Å². The van der Waals surface area contributed by atoms with Gasteiger partial charge in [-0.3, -0.25) is 5.43 Å². The van der Waals surface area contributed by atoms with Crippen LogP contribution in [0.1, 0.15) is 5.01 Å². The van der Waals surface area contributed by atoms with Crippen LogP contribution in [0.15, 0.2) is 28.5 Å². The van der Waals surface area contributed by atoms with Crippen molar-refractivity contribution in [2.75, 3.05) is 12.5 Å². The topological polar surface area (TPSA) is 49.6 Å². The van der Waals surface area contributed by atoms with Gasteiger partial charge in [-0.25, -0.2) is 4.98 Å². The van der Waals surface area contributed by atoms with Crippen LogP contribution in [0, 0.1) is 6.92 Å². The molecule has 0 bridgehead atoms. The molecular weight excluding hydrogens is 196 g/mol. The molecule has 14 heavy (non-hydrogen) atoms. The highest BCUT2D eigenvalue weighted by Crippen LogP contribution is 2.24. The number of aryl methyl sites for hydroxylation is 1. The molecule has 2 aromatic rings. The SMILES string of the molecule is CN=NNc1ccc2nc(C)sc2c1. The Hall–Kier alpha value is -1.49. The molecule has 2 rings (SSSR count). The van der Waals surface area contributed by atoms with Crippen molar-refractivity contribution in [3.05, 3.63) is 23.2 Å². The summed E-state index contributed by atoms with van der Waals surface area (Å²) in [6.45, 7) is 2.00. The van der Waals surface area contributed by atoms with E-state index in [1.165, 1.54) is 4.70 Å². The van der Waals surface area contributed by atoms with Crippen molar-refractivity contribution in [2.45, 2.75) is 6.92 Å². The molecule has 1 aromatic carbocycles. The van der Waals surface area contributed by atoms with Gasteiger partial charge in [0.1, 0.15) is 0 Å².